The predicted molar refractivity (Wildman–Crippen MR) is 161 cm³/mol. The number of rotatable bonds is 5. The summed E-state index contributed by atoms with van der Waals surface area (Å²) in [6, 6.07) is 54.7. The van der Waals surface area contributed by atoms with Crippen molar-refractivity contribution in [3.63, 3.8) is 0 Å². The molecule has 1 aromatic heterocycles. The summed E-state index contributed by atoms with van der Waals surface area (Å²) in [6.45, 7) is 0. The van der Waals surface area contributed by atoms with E-state index in [1.165, 1.54) is 60.9 Å². The highest BCUT2D eigenvalue weighted by Gasteiger charge is 2.13. The second kappa shape index (κ2) is 9.53. The van der Waals surface area contributed by atoms with E-state index in [-0.39, 0.29) is 0 Å². The van der Waals surface area contributed by atoms with Crippen molar-refractivity contribution in [1.82, 2.24) is 4.57 Å². The number of hydrogen-bond acceptors (Lipinski definition) is 0. The van der Waals surface area contributed by atoms with E-state index in [9.17, 15) is 0 Å². The van der Waals surface area contributed by atoms with Crippen molar-refractivity contribution in [1.29, 1.82) is 0 Å². The molecule has 180 valence electrons. The molecule has 0 unspecified atom stereocenters. The Morgan fingerprint density at radius 1 is 0.368 bits per heavy atom. The van der Waals surface area contributed by atoms with Crippen LogP contribution in [0, 0.1) is 0 Å². The van der Waals surface area contributed by atoms with Gasteiger partial charge in [0.15, 0.2) is 0 Å². The maximum absolute atomic E-state index is 2.36. The van der Waals surface area contributed by atoms with E-state index in [4.69, 9.17) is 0 Å². The maximum Gasteiger partial charge on any atom is 0.0541 e. The van der Waals surface area contributed by atoms with Crippen LogP contribution >= 0.6 is 0 Å². The van der Waals surface area contributed by atoms with Crippen LogP contribution in [0.2, 0.25) is 0 Å². The number of para-hydroxylation sites is 2. The molecular formula is C37H27N. The van der Waals surface area contributed by atoms with Crippen LogP contribution in [0.3, 0.4) is 0 Å². The molecule has 7 aromatic rings. The van der Waals surface area contributed by atoms with Gasteiger partial charge in [-0.1, -0.05) is 121 Å². The summed E-state index contributed by atoms with van der Waals surface area (Å²) in [5.41, 5.74) is 11.3. The van der Waals surface area contributed by atoms with E-state index in [0.717, 1.165) is 6.42 Å². The van der Waals surface area contributed by atoms with E-state index in [1.807, 2.05) is 0 Å². The fourth-order valence-electron chi connectivity index (χ4n) is 5.50. The predicted octanol–water partition coefficient (Wildman–Crippen LogP) is 9.71. The first kappa shape index (κ1) is 22.3. The fraction of sp³-hybridized carbons (Fsp3) is 0.0270. The van der Waals surface area contributed by atoms with Crippen LogP contribution in [0.4, 0.5) is 0 Å². The van der Waals surface area contributed by atoms with Gasteiger partial charge in [-0.05, 0) is 70.1 Å². The zero-order chi connectivity index (χ0) is 25.3. The molecule has 0 aliphatic heterocycles. The van der Waals surface area contributed by atoms with Crippen molar-refractivity contribution in [2.24, 2.45) is 0 Å². The van der Waals surface area contributed by atoms with E-state index in [2.05, 4.69) is 156 Å². The number of benzene rings is 6. The van der Waals surface area contributed by atoms with Crippen LogP contribution in [-0.4, -0.2) is 4.57 Å². The van der Waals surface area contributed by atoms with Gasteiger partial charge in [0.25, 0.3) is 0 Å². The average molecular weight is 486 g/mol. The normalized spacial score (nSPS) is 11.3. The van der Waals surface area contributed by atoms with Gasteiger partial charge in [-0.3, -0.25) is 0 Å². The van der Waals surface area contributed by atoms with E-state index in [1.54, 1.807) is 0 Å². The minimum absolute atomic E-state index is 0.930. The van der Waals surface area contributed by atoms with E-state index in [0.29, 0.717) is 0 Å². The third-order valence-corrected chi connectivity index (χ3v) is 7.44. The van der Waals surface area contributed by atoms with Gasteiger partial charge < -0.3 is 4.57 Å². The van der Waals surface area contributed by atoms with Gasteiger partial charge in [0.05, 0.1) is 11.0 Å². The van der Waals surface area contributed by atoms with Gasteiger partial charge in [-0.15, -0.1) is 0 Å². The molecule has 0 aliphatic carbocycles. The Hall–Kier alpha value is -4.88. The molecule has 1 nitrogen and oxygen atoms in total. The minimum Gasteiger partial charge on any atom is -0.309 e. The average Bonchev–Trinajstić information content (AvgIpc) is 3.33. The highest BCUT2D eigenvalue weighted by Crippen LogP contribution is 2.35. The Morgan fingerprint density at radius 2 is 0.868 bits per heavy atom. The summed E-state index contributed by atoms with van der Waals surface area (Å²) >= 11 is 0. The molecule has 0 spiro atoms. The molecule has 0 fully saturated rings. The molecular weight excluding hydrogens is 458 g/mol. The third-order valence-electron chi connectivity index (χ3n) is 7.44. The SMILES string of the molecule is c1ccc(-c2ccc(Cc3ccc(-c4ccc5c(c4)c4ccccc4n5-c4ccccc4)cc3)cc2)cc1. The van der Waals surface area contributed by atoms with Crippen molar-refractivity contribution >= 4 is 21.8 Å². The number of aromatic nitrogens is 1. The summed E-state index contributed by atoms with van der Waals surface area (Å²) in [5, 5.41) is 2.56. The van der Waals surface area contributed by atoms with Crippen LogP contribution in [-0.2, 0) is 6.42 Å². The summed E-state index contributed by atoms with van der Waals surface area (Å²) < 4.78 is 2.36. The monoisotopic (exact) mass is 485 g/mol. The molecule has 0 bridgehead atoms. The first-order chi connectivity index (χ1) is 18.8. The molecule has 0 amide bonds. The quantitative estimate of drug-likeness (QED) is 0.229. The Balaban J connectivity index is 1.18. The van der Waals surface area contributed by atoms with Gasteiger partial charge in [-0.2, -0.15) is 0 Å². The second-order valence-corrected chi connectivity index (χ2v) is 9.86. The van der Waals surface area contributed by atoms with Crippen LogP contribution in [0.25, 0.3) is 49.7 Å². The topological polar surface area (TPSA) is 4.93 Å². The molecule has 0 aliphatic rings. The molecule has 0 saturated heterocycles. The van der Waals surface area contributed by atoms with Crippen molar-refractivity contribution in [2.75, 3.05) is 0 Å². The second-order valence-electron chi connectivity index (χ2n) is 9.86. The maximum atomic E-state index is 2.36. The molecule has 1 heterocycles. The highest BCUT2D eigenvalue weighted by molar-refractivity contribution is 6.10. The minimum atomic E-state index is 0.930. The van der Waals surface area contributed by atoms with Crippen molar-refractivity contribution in [3.05, 3.63) is 163 Å². The lowest BCUT2D eigenvalue weighted by Crippen LogP contribution is -1.92. The molecule has 1 heteroatoms. The van der Waals surface area contributed by atoms with Crippen LogP contribution in [0.15, 0.2) is 152 Å². The number of hydrogen-bond donors (Lipinski definition) is 0. The zero-order valence-electron chi connectivity index (χ0n) is 21.1. The summed E-state index contributed by atoms with van der Waals surface area (Å²) in [5.74, 6) is 0. The summed E-state index contributed by atoms with van der Waals surface area (Å²) in [7, 11) is 0. The Labute approximate surface area is 223 Å². The number of nitrogens with zero attached hydrogens (tertiary/aromatic N) is 1. The first-order valence-electron chi connectivity index (χ1n) is 13.2. The molecule has 0 saturated carbocycles. The highest BCUT2D eigenvalue weighted by atomic mass is 15.0. The van der Waals surface area contributed by atoms with Crippen molar-refractivity contribution in [2.45, 2.75) is 6.42 Å². The van der Waals surface area contributed by atoms with Crippen molar-refractivity contribution in [3.8, 4) is 27.9 Å². The Morgan fingerprint density at radius 3 is 1.55 bits per heavy atom. The van der Waals surface area contributed by atoms with Crippen molar-refractivity contribution < 1.29 is 0 Å². The van der Waals surface area contributed by atoms with Crippen LogP contribution < -0.4 is 0 Å². The van der Waals surface area contributed by atoms with E-state index >= 15 is 0 Å². The van der Waals surface area contributed by atoms with Crippen LogP contribution in [0.1, 0.15) is 11.1 Å². The van der Waals surface area contributed by atoms with E-state index < -0.39 is 0 Å². The largest absolute Gasteiger partial charge is 0.309 e. The van der Waals surface area contributed by atoms with Gasteiger partial charge in [0.2, 0.25) is 0 Å². The molecule has 38 heavy (non-hydrogen) atoms. The third kappa shape index (κ3) is 4.09. The zero-order valence-corrected chi connectivity index (χ0v) is 21.1. The standard InChI is InChI=1S/C37H27N/c1-3-9-29(10-4-1)30-19-15-27(16-20-30)25-28-17-21-31(22-18-28)32-23-24-37-35(26-32)34-13-7-8-14-36(34)38(37)33-11-5-2-6-12-33/h1-24,26H,25H2. The molecule has 0 N–H and O–H groups in total. The lowest BCUT2D eigenvalue weighted by atomic mass is 9.98. The molecule has 7 rings (SSSR count). The van der Waals surface area contributed by atoms with Gasteiger partial charge in [0.1, 0.15) is 0 Å². The molecule has 0 atom stereocenters. The summed E-state index contributed by atoms with van der Waals surface area (Å²) in [6.07, 6.45) is 0.930. The van der Waals surface area contributed by atoms with Crippen LogP contribution in [0.5, 0.6) is 0 Å². The lowest BCUT2D eigenvalue weighted by Gasteiger charge is -2.09. The molecule has 6 aromatic carbocycles. The number of fused-ring (bicyclic) bond motifs is 3. The lowest BCUT2D eigenvalue weighted by molar-refractivity contribution is 1.18. The first-order valence-corrected chi connectivity index (χ1v) is 13.2. The Bertz CT molecular complexity index is 1840. The molecule has 0 radical (unpaired) electrons. The van der Waals surface area contributed by atoms with Gasteiger partial charge in [0, 0.05) is 16.5 Å². The Kier molecular flexibility index (Phi) is 5.60. The van der Waals surface area contributed by atoms with Gasteiger partial charge in [-0.25, -0.2) is 0 Å². The smallest absolute Gasteiger partial charge is 0.0541 e. The van der Waals surface area contributed by atoms with Gasteiger partial charge >= 0.3 is 0 Å². The summed E-state index contributed by atoms with van der Waals surface area (Å²) in [4.78, 5) is 0. The fourth-order valence-corrected chi connectivity index (χ4v) is 5.50.